The molecule has 2 aliphatic rings. The SMILES string of the molecule is CC(C)C(=O)N[C@H]1C[C@@H](n2cnc3c(N)nc(Cl)nc32)[C@H](O)[C@@H]1O.Nc1nc(Cl)nc2c1ncn2[C@@H]1C[C@H](N)[C@@H](O)[C@H]1O.O=C(O)C(F)(F)F. The number of aromatic nitrogens is 8. The molecular weight excluding hydrogens is 720 g/mol. The van der Waals surface area contributed by atoms with Crippen LogP contribution in [0, 0.1) is 5.92 Å². The summed E-state index contributed by atoms with van der Waals surface area (Å²) in [7, 11) is 0. The first kappa shape index (κ1) is 38.6. The average Bonchev–Trinajstić information content (AvgIpc) is 3.76. The Morgan fingerprint density at radius 2 is 1.26 bits per heavy atom. The number of alkyl halides is 3. The fourth-order valence-electron chi connectivity index (χ4n) is 5.40. The van der Waals surface area contributed by atoms with Gasteiger partial charge in [-0.2, -0.15) is 33.1 Å². The van der Waals surface area contributed by atoms with Crippen LogP contribution in [0.25, 0.3) is 22.3 Å². The number of hydrogen-bond acceptors (Lipinski definition) is 15. The molecule has 0 unspecified atom stereocenters. The van der Waals surface area contributed by atoms with Crippen LogP contribution in [0.4, 0.5) is 24.8 Å². The molecule has 2 aliphatic carbocycles. The molecule has 0 spiro atoms. The van der Waals surface area contributed by atoms with Crippen molar-refractivity contribution >= 4 is 69.0 Å². The van der Waals surface area contributed by atoms with Gasteiger partial charge in [0.05, 0.1) is 36.9 Å². The second-order valence-corrected chi connectivity index (χ2v) is 12.4. The van der Waals surface area contributed by atoms with Crippen molar-refractivity contribution in [2.24, 2.45) is 11.7 Å². The maximum Gasteiger partial charge on any atom is 0.490 e. The van der Waals surface area contributed by atoms with Gasteiger partial charge in [0.25, 0.3) is 0 Å². The van der Waals surface area contributed by atoms with E-state index in [0.29, 0.717) is 35.2 Å². The van der Waals surface area contributed by atoms with E-state index in [0.717, 1.165) is 0 Å². The monoisotopic (exact) mass is 752 g/mol. The molecule has 8 atom stereocenters. The lowest BCUT2D eigenvalue weighted by Gasteiger charge is -2.19. The lowest BCUT2D eigenvalue weighted by Crippen LogP contribution is -2.44. The molecule has 4 aromatic rings. The summed E-state index contributed by atoms with van der Waals surface area (Å²) < 4.78 is 35.0. The Bertz CT molecular complexity index is 1860. The normalized spacial score (nSPS) is 26.4. The number of imidazole rings is 2. The molecular formula is C26H33Cl2F3N12O7. The van der Waals surface area contributed by atoms with Crippen LogP contribution >= 0.6 is 23.2 Å². The number of rotatable bonds is 4. The van der Waals surface area contributed by atoms with Gasteiger partial charge in [-0.25, -0.2) is 14.8 Å². The summed E-state index contributed by atoms with van der Waals surface area (Å²) in [6.45, 7) is 3.52. The first-order valence-corrected chi connectivity index (χ1v) is 15.4. The molecule has 24 heteroatoms. The van der Waals surface area contributed by atoms with E-state index in [4.69, 9.17) is 50.3 Å². The zero-order valence-electron chi connectivity index (χ0n) is 26.0. The van der Waals surface area contributed by atoms with Crippen LogP contribution in [0.2, 0.25) is 10.6 Å². The topological polar surface area (TPSA) is 313 Å². The number of nitrogens with two attached hydrogens (primary N) is 3. The van der Waals surface area contributed by atoms with Crippen molar-refractivity contribution in [3.63, 3.8) is 0 Å². The number of carboxylic acids is 1. The van der Waals surface area contributed by atoms with E-state index in [9.17, 15) is 38.4 Å². The van der Waals surface area contributed by atoms with Crippen LogP contribution in [-0.4, -0.2) is 119 Å². The fourth-order valence-corrected chi connectivity index (χ4v) is 5.74. The summed E-state index contributed by atoms with van der Waals surface area (Å²) in [4.78, 5) is 44.8. The molecule has 0 aromatic carbocycles. The molecule has 4 aromatic heterocycles. The number of nitrogens with zero attached hydrogens (tertiary/aromatic N) is 8. The maximum atomic E-state index is 11.9. The molecule has 2 saturated carbocycles. The van der Waals surface area contributed by atoms with Gasteiger partial charge in [0, 0.05) is 12.0 Å². The Morgan fingerprint density at radius 1 is 0.840 bits per heavy atom. The number of halogens is 5. The molecule has 0 bridgehead atoms. The Kier molecular flexibility index (Phi) is 11.6. The van der Waals surface area contributed by atoms with Crippen molar-refractivity contribution in [3.8, 4) is 0 Å². The first-order valence-electron chi connectivity index (χ1n) is 14.6. The van der Waals surface area contributed by atoms with E-state index in [1.807, 2.05) is 0 Å². The van der Waals surface area contributed by atoms with Gasteiger partial charge < -0.3 is 57.2 Å². The van der Waals surface area contributed by atoms with Crippen LogP contribution in [0.5, 0.6) is 0 Å². The minimum atomic E-state index is -5.08. The summed E-state index contributed by atoms with van der Waals surface area (Å²) in [5, 5.41) is 50.2. The number of carbonyl (C=O) groups excluding carboxylic acids is 1. The lowest BCUT2D eigenvalue weighted by molar-refractivity contribution is -0.192. The zero-order chi connectivity index (χ0) is 37.4. The molecule has 1 amide bonds. The van der Waals surface area contributed by atoms with E-state index in [2.05, 4.69) is 35.2 Å². The van der Waals surface area contributed by atoms with Crippen LogP contribution in [0.1, 0.15) is 38.8 Å². The second kappa shape index (κ2) is 15.0. The summed E-state index contributed by atoms with van der Waals surface area (Å²) in [6.07, 6.45) is -5.52. The summed E-state index contributed by atoms with van der Waals surface area (Å²) in [5.74, 6) is -2.84. The van der Waals surface area contributed by atoms with Crippen LogP contribution < -0.4 is 22.5 Å². The quantitative estimate of drug-likeness (QED) is 0.119. The van der Waals surface area contributed by atoms with E-state index in [1.165, 1.54) is 12.7 Å². The van der Waals surface area contributed by atoms with E-state index < -0.39 is 60.7 Å². The highest BCUT2D eigenvalue weighted by Gasteiger charge is 2.44. The number of carboxylic acid groups (broad SMARTS) is 1. The molecule has 2 fully saturated rings. The molecule has 12 N–H and O–H groups in total. The predicted molar refractivity (Wildman–Crippen MR) is 169 cm³/mol. The number of aliphatic carboxylic acids is 1. The first-order chi connectivity index (χ1) is 23.2. The molecule has 0 radical (unpaired) electrons. The number of fused-ring (bicyclic) bond motifs is 2. The summed E-state index contributed by atoms with van der Waals surface area (Å²) >= 11 is 11.6. The van der Waals surface area contributed by atoms with Gasteiger partial charge in [0.2, 0.25) is 16.5 Å². The van der Waals surface area contributed by atoms with E-state index in [1.54, 1.807) is 23.0 Å². The molecule has 19 nitrogen and oxygen atoms in total. The van der Waals surface area contributed by atoms with Crippen molar-refractivity contribution < 1.29 is 48.3 Å². The van der Waals surface area contributed by atoms with Crippen LogP contribution in [-0.2, 0) is 9.59 Å². The van der Waals surface area contributed by atoms with Gasteiger partial charge in [-0.05, 0) is 36.0 Å². The standard InChI is InChI=1S/C14H19ClN6O3.C10H13ClN6O2.C2HF3O2/c1-5(2)13(24)18-6-3-7(10(23)9(6)22)21-4-17-8-11(16)19-14(15)20-12(8)21;11-10-15-8(13)5-9(16-10)17(2-14-5)4-1-3(12)6(18)7(4)19;3-2(4,5)1(6)7/h4-7,9-10,22-23H,3H2,1-2H3,(H,18,24)(H2,16,19,20);2-4,6-7,18-19H,1,12H2,(H2,13,15,16);(H,6,7)/t6-,7+,9+,10-;3-,4+,6+,7-;/m00./s1. The van der Waals surface area contributed by atoms with Gasteiger partial charge in [0.1, 0.15) is 29.3 Å². The molecule has 274 valence electrons. The van der Waals surface area contributed by atoms with Gasteiger partial charge in [-0.15, -0.1) is 0 Å². The average molecular weight is 754 g/mol. The van der Waals surface area contributed by atoms with E-state index in [-0.39, 0.29) is 34.0 Å². The third-order valence-electron chi connectivity index (χ3n) is 8.00. The highest BCUT2D eigenvalue weighted by atomic mass is 35.5. The minimum Gasteiger partial charge on any atom is -0.475 e. The van der Waals surface area contributed by atoms with Gasteiger partial charge in [-0.3, -0.25) is 4.79 Å². The Morgan fingerprint density at radius 3 is 1.64 bits per heavy atom. The molecule has 6 rings (SSSR count). The molecule has 4 heterocycles. The maximum absolute atomic E-state index is 11.9. The second-order valence-electron chi connectivity index (χ2n) is 11.7. The number of carbonyl (C=O) groups is 2. The Balaban J connectivity index is 0.000000193. The number of hydrogen-bond donors (Lipinski definition) is 9. The van der Waals surface area contributed by atoms with Crippen molar-refractivity contribution in [2.75, 3.05) is 11.5 Å². The number of anilines is 2. The number of aliphatic hydroxyl groups is 4. The number of nitrogen functional groups attached to an aromatic ring is 2. The van der Waals surface area contributed by atoms with Crippen molar-refractivity contribution in [3.05, 3.63) is 23.2 Å². The van der Waals surface area contributed by atoms with Gasteiger partial charge in [-0.1, -0.05) is 13.8 Å². The van der Waals surface area contributed by atoms with Crippen LogP contribution in [0.15, 0.2) is 12.7 Å². The highest BCUT2D eigenvalue weighted by molar-refractivity contribution is 6.29. The third-order valence-corrected chi connectivity index (χ3v) is 8.34. The predicted octanol–water partition coefficient (Wildman–Crippen LogP) is -0.442. The van der Waals surface area contributed by atoms with Crippen molar-refractivity contribution in [1.82, 2.24) is 44.4 Å². The Hall–Kier alpha value is -4.19. The summed E-state index contributed by atoms with van der Waals surface area (Å²) in [5.41, 5.74) is 18.8. The van der Waals surface area contributed by atoms with Crippen molar-refractivity contribution in [2.45, 2.75) is 81.4 Å². The van der Waals surface area contributed by atoms with Crippen LogP contribution in [0.3, 0.4) is 0 Å². The smallest absolute Gasteiger partial charge is 0.475 e. The fraction of sp³-hybridized carbons (Fsp3) is 0.538. The van der Waals surface area contributed by atoms with Gasteiger partial charge in [0.15, 0.2) is 22.9 Å². The summed E-state index contributed by atoms with van der Waals surface area (Å²) in [6, 6.07) is -1.99. The number of nitrogens with one attached hydrogen (secondary N) is 1. The largest absolute Gasteiger partial charge is 0.490 e. The van der Waals surface area contributed by atoms with Gasteiger partial charge >= 0.3 is 12.1 Å². The molecule has 0 aliphatic heterocycles. The minimum absolute atomic E-state index is 0.00378. The molecule has 50 heavy (non-hydrogen) atoms. The molecule has 0 saturated heterocycles. The third kappa shape index (κ3) is 8.06. The highest BCUT2D eigenvalue weighted by Crippen LogP contribution is 2.35. The zero-order valence-corrected chi connectivity index (χ0v) is 27.5. The Labute approximate surface area is 289 Å². The van der Waals surface area contributed by atoms with Crippen molar-refractivity contribution in [1.29, 1.82) is 0 Å². The van der Waals surface area contributed by atoms with E-state index >= 15 is 0 Å². The number of aliphatic hydroxyl groups excluding tert-OH is 4. The number of amides is 1. The lowest BCUT2D eigenvalue weighted by atomic mass is 10.1.